The molecule has 3 heteroatoms. The van der Waals surface area contributed by atoms with Crippen molar-refractivity contribution in [1.29, 1.82) is 0 Å². The molecule has 0 spiro atoms. The van der Waals surface area contributed by atoms with Crippen LogP contribution in [-0.2, 0) is 6.42 Å². The Bertz CT molecular complexity index is 859. The zero-order chi connectivity index (χ0) is 17.3. The summed E-state index contributed by atoms with van der Waals surface area (Å²) in [6, 6.07) is 16.3. The number of rotatable bonds is 5. The van der Waals surface area contributed by atoms with Crippen LogP contribution in [0.4, 0.5) is 0 Å². The van der Waals surface area contributed by atoms with Crippen molar-refractivity contribution >= 4 is 16.9 Å². The molecule has 0 aliphatic carbocycles. The fourth-order valence-electron chi connectivity index (χ4n) is 3.20. The zero-order valence-electron chi connectivity index (χ0n) is 14.4. The highest BCUT2D eigenvalue weighted by Crippen LogP contribution is 2.26. The van der Waals surface area contributed by atoms with Gasteiger partial charge in [-0.25, -0.2) is 4.79 Å². The SMILES string of the molecule is CC(C)Cc1ccc(C(C)n2ccc3cc(C(=O)O)ccc32)cc1. The first-order valence-corrected chi connectivity index (χ1v) is 8.38. The first-order chi connectivity index (χ1) is 11.5. The van der Waals surface area contributed by atoms with Crippen LogP contribution in [0.1, 0.15) is 48.3 Å². The second kappa shape index (κ2) is 6.52. The molecule has 0 fully saturated rings. The third-order valence-corrected chi connectivity index (χ3v) is 4.49. The monoisotopic (exact) mass is 321 g/mol. The molecule has 0 radical (unpaired) electrons. The molecule has 1 aromatic heterocycles. The molecule has 3 nitrogen and oxygen atoms in total. The molecule has 124 valence electrons. The van der Waals surface area contributed by atoms with Crippen LogP contribution in [0.15, 0.2) is 54.7 Å². The third kappa shape index (κ3) is 3.21. The number of hydrogen-bond donors (Lipinski definition) is 1. The van der Waals surface area contributed by atoms with Gasteiger partial charge in [0, 0.05) is 17.1 Å². The smallest absolute Gasteiger partial charge is 0.335 e. The lowest BCUT2D eigenvalue weighted by atomic mass is 10.00. The van der Waals surface area contributed by atoms with E-state index in [4.69, 9.17) is 5.11 Å². The van der Waals surface area contributed by atoms with Crippen LogP contribution < -0.4 is 0 Å². The van der Waals surface area contributed by atoms with E-state index >= 15 is 0 Å². The lowest BCUT2D eigenvalue weighted by Gasteiger charge is -2.17. The van der Waals surface area contributed by atoms with Crippen molar-refractivity contribution in [3.63, 3.8) is 0 Å². The quantitative estimate of drug-likeness (QED) is 0.706. The summed E-state index contributed by atoms with van der Waals surface area (Å²) >= 11 is 0. The maximum atomic E-state index is 11.1. The van der Waals surface area contributed by atoms with Crippen LogP contribution in [0.2, 0.25) is 0 Å². The highest BCUT2D eigenvalue weighted by Gasteiger charge is 2.12. The normalized spacial score (nSPS) is 12.7. The van der Waals surface area contributed by atoms with Crippen LogP contribution in [0.3, 0.4) is 0 Å². The van der Waals surface area contributed by atoms with Gasteiger partial charge < -0.3 is 9.67 Å². The summed E-state index contributed by atoms with van der Waals surface area (Å²) < 4.78 is 2.19. The second-order valence-corrected chi connectivity index (χ2v) is 6.82. The maximum absolute atomic E-state index is 11.1. The maximum Gasteiger partial charge on any atom is 0.335 e. The Kier molecular flexibility index (Phi) is 4.43. The largest absolute Gasteiger partial charge is 0.478 e. The summed E-state index contributed by atoms with van der Waals surface area (Å²) in [5.74, 6) is -0.233. The summed E-state index contributed by atoms with van der Waals surface area (Å²) in [6.45, 7) is 6.63. The van der Waals surface area contributed by atoms with Crippen LogP contribution in [-0.4, -0.2) is 15.6 Å². The van der Waals surface area contributed by atoms with Gasteiger partial charge in [0.25, 0.3) is 0 Å². The van der Waals surface area contributed by atoms with Crippen LogP contribution in [0.5, 0.6) is 0 Å². The molecule has 1 atom stereocenters. The number of benzene rings is 2. The van der Waals surface area contributed by atoms with Gasteiger partial charge in [0.15, 0.2) is 0 Å². The van der Waals surface area contributed by atoms with E-state index in [1.54, 1.807) is 12.1 Å². The summed E-state index contributed by atoms with van der Waals surface area (Å²) in [5.41, 5.74) is 4.00. The summed E-state index contributed by atoms with van der Waals surface area (Å²) in [6.07, 6.45) is 3.13. The predicted octanol–water partition coefficient (Wildman–Crippen LogP) is 5.15. The number of aromatic carboxylic acids is 1. The molecule has 0 aliphatic rings. The molecule has 3 rings (SSSR count). The number of fused-ring (bicyclic) bond motifs is 1. The molecule has 1 N–H and O–H groups in total. The van der Waals surface area contributed by atoms with Crippen LogP contribution >= 0.6 is 0 Å². The van der Waals surface area contributed by atoms with E-state index in [1.807, 2.05) is 18.3 Å². The predicted molar refractivity (Wildman–Crippen MR) is 97.7 cm³/mol. The second-order valence-electron chi connectivity index (χ2n) is 6.82. The van der Waals surface area contributed by atoms with Gasteiger partial charge in [-0.15, -0.1) is 0 Å². The molecule has 1 heterocycles. The Hall–Kier alpha value is -2.55. The summed E-state index contributed by atoms with van der Waals surface area (Å²) in [5, 5.41) is 10.1. The number of carboxylic acid groups (broad SMARTS) is 1. The van der Waals surface area contributed by atoms with Gasteiger partial charge >= 0.3 is 5.97 Å². The first kappa shape index (κ1) is 16.3. The average Bonchev–Trinajstić information content (AvgIpc) is 2.97. The number of aromatic nitrogens is 1. The van der Waals surface area contributed by atoms with Crippen LogP contribution in [0, 0.1) is 5.92 Å². The number of hydrogen-bond acceptors (Lipinski definition) is 1. The van der Waals surface area contributed by atoms with Gasteiger partial charge in [-0.1, -0.05) is 38.1 Å². The van der Waals surface area contributed by atoms with Gasteiger partial charge in [-0.05, 0) is 54.7 Å². The molecule has 0 amide bonds. The van der Waals surface area contributed by atoms with Gasteiger partial charge in [0.2, 0.25) is 0 Å². The molecule has 0 saturated heterocycles. The molecule has 0 saturated carbocycles. The highest BCUT2D eigenvalue weighted by atomic mass is 16.4. The Balaban J connectivity index is 1.90. The van der Waals surface area contributed by atoms with Crippen molar-refractivity contribution in [1.82, 2.24) is 4.57 Å². The molecule has 3 aromatic rings. The van der Waals surface area contributed by atoms with Gasteiger partial charge in [-0.2, -0.15) is 0 Å². The minimum absolute atomic E-state index is 0.200. The number of carboxylic acids is 1. The Labute approximate surface area is 142 Å². The van der Waals surface area contributed by atoms with Crippen molar-refractivity contribution < 1.29 is 9.90 Å². The highest BCUT2D eigenvalue weighted by molar-refractivity contribution is 5.93. The molecule has 0 bridgehead atoms. The molecule has 1 unspecified atom stereocenters. The van der Waals surface area contributed by atoms with Crippen molar-refractivity contribution in [3.05, 3.63) is 71.4 Å². The van der Waals surface area contributed by atoms with E-state index in [2.05, 4.69) is 49.6 Å². The molecular formula is C21H23NO2. The van der Waals surface area contributed by atoms with E-state index in [-0.39, 0.29) is 6.04 Å². The number of carbonyl (C=O) groups is 1. The topological polar surface area (TPSA) is 42.2 Å². The Morgan fingerprint density at radius 3 is 2.38 bits per heavy atom. The van der Waals surface area contributed by atoms with E-state index in [1.165, 1.54) is 11.1 Å². The van der Waals surface area contributed by atoms with Crippen molar-refractivity contribution in [3.8, 4) is 0 Å². The van der Waals surface area contributed by atoms with Gasteiger partial charge in [0.1, 0.15) is 0 Å². The standard InChI is InChI=1S/C21H23NO2/c1-14(2)12-16-4-6-17(7-5-16)15(3)22-11-10-18-13-19(21(23)24)8-9-20(18)22/h4-11,13-15H,12H2,1-3H3,(H,23,24). The van der Waals surface area contributed by atoms with Crippen molar-refractivity contribution in [2.75, 3.05) is 0 Å². The molecule has 24 heavy (non-hydrogen) atoms. The third-order valence-electron chi connectivity index (χ3n) is 4.49. The Morgan fingerprint density at radius 2 is 1.75 bits per heavy atom. The zero-order valence-corrected chi connectivity index (χ0v) is 14.4. The van der Waals surface area contributed by atoms with Crippen molar-refractivity contribution in [2.45, 2.75) is 33.2 Å². The van der Waals surface area contributed by atoms with E-state index < -0.39 is 5.97 Å². The van der Waals surface area contributed by atoms with E-state index in [9.17, 15) is 4.79 Å². The molecule has 0 aliphatic heterocycles. The molecular weight excluding hydrogens is 298 g/mol. The summed E-state index contributed by atoms with van der Waals surface area (Å²) in [7, 11) is 0. The van der Waals surface area contributed by atoms with Crippen molar-refractivity contribution in [2.24, 2.45) is 5.92 Å². The van der Waals surface area contributed by atoms with E-state index in [0.29, 0.717) is 11.5 Å². The summed E-state index contributed by atoms with van der Waals surface area (Å²) in [4.78, 5) is 11.1. The lowest BCUT2D eigenvalue weighted by molar-refractivity contribution is 0.0697. The average molecular weight is 321 g/mol. The minimum Gasteiger partial charge on any atom is -0.478 e. The van der Waals surface area contributed by atoms with Crippen LogP contribution in [0.25, 0.3) is 10.9 Å². The number of nitrogens with zero attached hydrogens (tertiary/aromatic N) is 1. The fourth-order valence-corrected chi connectivity index (χ4v) is 3.20. The fraction of sp³-hybridized carbons (Fsp3) is 0.286. The lowest BCUT2D eigenvalue weighted by Crippen LogP contribution is -2.06. The van der Waals surface area contributed by atoms with Gasteiger partial charge in [0.05, 0.1) is 11.6 Å². The first-order valence-electron chi connectivity index (χ1n) is 8.38. The molecule has 2 aromatic carbocycles. The van der Waals surface area contributed by atoms with E-state index in [0.717, 1.165) is 17.3 Å². The minimum atomic E-state index is -0.890. The Morgan fingerprint density at radius 1 is 1.04 bits per heavy atom. The van der Waals surface area contributed by atoms with Gasteiger partial charge in [-0.3, -0.25) is 0 Å².